The van der Waals surface area contributed by atoms with Crippen molar-refractivity contribution in [3.8, 4) is 5.75 Å². The number of esters is 1. The van der Waals surface area contributed by atoms with Crippen molar-refractivity contribution in [1.29, 1.82) is 0 Å². The summed E-state index contributed by atoms with van der Waals surface area (Å²) in [7, 11) is 0. The van der Waals surface area contributed by atoms with Gasteiger partial charge >= 0.3 is 5.97 Å². The van der Waals surface area contributed by atoms with Crippen molar-refractivity contribution in [2.45, 2.75) is 61.5 Å². The van der Waals surface area contributed by atoms with Gasteiger partial charge in [0.1, 0.15) is 11.9 Å². The molecule has 0 bridgehead atoms. The van der Waals surface area contributed by atoms with Crippen LogP contribution in [0.4, 0.5) is 0 Å². The summed E-state index contributed by atoms with van der Waals surface area (Å²) >= 11 is 0. The molecule has 0 saturated heterocycles. The fraction of sp³-hybridized carbons (Fsp3) is 0.579. The fourth-order valence-corrected chi connectivity index (χ4v) is 2.38. The lowest BCUT2D eigenvalue weighted by Gasteiger charge is -2.30. The maximum Gasteiger partial charge on any atom is 0.316 e. The Kier molecular flexibility index (Phi) is 5.62. The van der Waals surface area contributed by atoms with Crippen LogP contribution in [0, 0.1) is 24.7 Å². The molecule has 128 valence electrons. The second kappa shape index (κ2) is 6.73. The first-order chi connectivity index (χ1) is 10.4. The van der Waals surface area contributed by atoms with E-state index in [-0.39, 0.29) is 17.5 Å². The van der Waals surface area contributed by atoms with E-state index in [1.165, 1.54) is 0 Å². The molecule has 0 aliphatic heterocycles. The van der Waals surface area contributed by atoms with E-state index in [9.17, 15) is 9.59 Å². The lowest BCUT2D eigenvalue weighted by molar-refractivity contribution is -0.143. The number of carbonyl (C=O) groups is 2. The molecule has 0 heterocycles. The molecule has 0 radical (unpaired) electrons. The Bertz CT molecular complexity index is 565. The van der Waals surface area contributed by atoms with E-state index in [1.54, 1.807) is 0 Å². The van der Waals surface area contributed by atoms with Gasteiger partial charge in [0.2, 0.25) is 0 Å². The molecule has 0 aliphatic rings. The minimum absolute atomic E-state index is 0.233. The van der Waals surface area contributed by atoms with Crippen molar-refractivity contribution in [2.75, 3.05) is 0 Å². The van der Waals surface area contributed by atoms with Crippen LogP contribution in [0.1, 0.15) is 64.3 Å². The molecule has 4 heteroatoms. The first-order valence-corrected chi connectivity index (χ1v) is 7.80. The SMILES string of the molecule is Cc1cc(C(OC=O)C(C)(C)C)cc(C)c1OC(=O)C(C)(C)C. The number of carbonyl (C=O) groups excluding carboxylic acids is 2. The highest BCUT2D eigenvalue weighted by Crippen LogP contribution is 2.38. The Labute approximate surface area is 139 Å². The van der Waals surface area contributed by atoms with E-state index < -0.39 is 5.41 Å². The smallest absolute Gasteiger partial charge is 0.316 e. The zero-order chi connectivity index (χ0) is 18.0. The van der Waals surface area contributed by atoms with Crippen molar-refractivity contribution in [1.82, 2.24) is 0 Å². The molecule has 1 unspecified atom stereocenters. The number of hydrogen-bond acceptors (Lipinski definition) is 4. The maximum absolute atomic E-state index is 12.1. The Morgan fingerprint density at radius 3 is 1.87 bits per heavy atom. The lowest BCUT2D eigenvalue weighted by Crippen LogP contribution is -2.26. The van der Waals surface area contributed by atoms with Crippen molar-refractivity contribution in [3.05, 3.63) is 28.8 Å². The third-order valence-corrected chi connectivity index (χ3v) is 3.57. The molecular weight excluding hydrogens is 292 g/mol. The van der Waals surface area contributed by atoms with Gasteiger partial charge in [-0.3, -0.25) is 9.59 Å². The molecule has 0 aliphatic carbocycles. The van der Waals surface area contributed by atoms with Crippen molar-refractivity contribution in [3.63, 3.8) is 0 Å². The summed E-state index contributed by atoms with van der Waals surface area (Å²) in [6, 6.07) is 3.83. The molecule has 1 atom stereocenters. The highest BCUT2D eigenvalue weighted by Gasteiger charge is 2.30. The molecule has 1 aromatic carbocycles. The van der Waals surface area contributed by atoms with E-state index in [0.29, 0.717) is 12.2 Å². The van der Waals surface area contributed by atoms with Gasteiger partial charge in [-0.05, 0) is 63.4 Å². The molecule has 0 amide bonds. The summed E-state index contributed by atoms with van der Waals surface area (Å²) in [5.41, 5.74) is 1.80. The van der Waals surface area contributed by atoms with Gasteiger partial charge in [0, 0.05) is 5.41 Å². The highest BCUT2D eigenvalue weighted by atomic mass is 16.5. The van der Waals surface area contributed by atoms with Gasteiger partial charge in [-0.15, -0.1) is 0 Å². The van der Waals surface area contributed by atoms with E-state index in [4.69, 9.17) is 9.47 Å². The van der Waals surface area contributed by atoms with E-state index in [0.717, 1.165) is 16.7 Å². The average molecular weight is 320 g/mol. The number of hydrogen-bond donors (Lipinski definition) is 0. The van der Waals surface area contributed by atoms with Crippen LogP contribution < -0.4 is 4.74 Å². The highest BCUT2D eigenvalue weighted by molar-refractivity contribution is 5.78. The Morgan fingerprint density at radius 1 is 1.04 bits per heavy atom. The van der Waals surface area contributed by atoms with Crippen LogP contribution in [0.25, 0.3) is 0 Å². The molecule has 1 aromatic rings. The van der Waals surface area contributed by atoms with Gasteiger partial charge in [0.05, 0.1) is 5.41 Å². The number of aryl methyl sites for hydroxylation is 2. The van der Waals surface area contributed by atoms with Crippen LogP contribution in [0.2, 0.25) is 0 Å². The summed E-state index contributed by atoms with van der Waals surface area (Å²) < 4.78 is 10.9. The summed E-state index contributed by atoms with van der Waals surface area (Å²) in [4.78, 5) is 23.0. The molecular formula is C19H28O4. The van der Waals surface area contributed by atoms with E-state index >= 15 is 0 Å². The molecule has 0 fully saturated rings. The van der Waals surface area contributed by atoms with Crippen LogP contribution in [0.3, 0.4) is 0 Å². The molecule has 1 rings (SSSR count). The standard InChI is InChI=1S/C19H28O4/c1-12-9-14(16(22-11-20)18(3,4)5)10-13(2)15(12)23-17(21)19(6,7)8/h9-11,16H,1-8H3. The first-order valence-electron chi connectivity index (χ1n) is 7.80. The number of benzene rings is 1. The van der Waals surface area contributed by atoms with Crippen LogP contribution in [0.15, 0.2) is 12.1 Å². The van der Waals surface area contributed by atoms with Crippen LogP contribution in [-0.4, -0.2) is 12.4 Å². The Hall–Kier alpha value is -1.84. The average Bonchev–Trinajstić information content (AvgIpc) is 2.37. The fourth-order valence-electron chi connectivity index (χ4n) is 2.38. The van der Waals surface area contributed by atoms with E-state index in [2.05, 4.69) is 0 Å². The molecule has 0 N–H and O–H groups in total. The van der Waals surface area contributed by atoms with Crippen LogP contribution >= 0.6 is 0 Å². The summed E-state index contributed by atoms with van der Waals surface area (Å²) in [6.07, 6.45) is -0.357. The van der Waals surface area contributed by atoms with Crippen molar-refractivity contribution < 1.29 is 19.1 Å². The van der Waals surface area contributed by atoms with Gasteiger partial charge in [-0.25, -0.2) is 0 Å². The minimum Gasteiger partial charge on any atom is -0.459 e. The predicted octanol–water partition coefficient (Wildman–Crippen LogP) is 4.52. The molecule has 0 aromatic heterocycles. The van der Waals surface area contributed by atoms with Crippen molar-refractivity contribution >= 4 is 12.4 Å². The molecule has 0 spiro atoms. The van der Waals surface area contributed by atoms with Gasteiger partial charge in [-0.2, -0.15) is 0 Å². The van der Waals surface area contributed by atoms with Gasteiger partial charge < -0.3 is 9.47 Å². The molecule has 23 heavy (non-hydrogen) atoms. The van der Waals surface area contributed by atoms with Crippen LogP contribution in [-0.2, 0) is 14.3 Å². The minimum atomic E-state index is -0.563. The van der Waals surface area contributed by atoms with Crippen molar-refractivity contribution in [2.24, 2.45) is 10.8 Å². The molecule has 0 saturated carbocycles. The molecule has 4 nitrogen and oxygen atoms in total. The normalized spacial score (nSPS) is 13.4. The van der Waals surface area contributed by atoms with Gasteiger partial charge in [-0.1, -0.05) is 20.8 Å². The predicted molar refractivity (Wildman–Crippen MR) is 90.4 cm³/mol. The van der Waals surface area contributed by atoms with Gasteiger partial charge in [0.25, 0.3) is 6.47 Å². The van der Waals surface area contributed by atoms with E-state index in [1.807, 2.05) is 67.5 Å². The third-order valence-electron chi connectivity index (χ3n) is 3.57. The lowest BCUT2D eigenvalue weighted by atomic mass is 9.83. The quantitative estimate of drug-likeness (QED) is 0.465. The zero-order valence-electron chi connectivity index (χ0n) is 15.4. The summed E-state index contributed by atoms with van der Waals surface area (Å²) in [5.74, 6) is 0.306. The second-order valence-electron chi connectivity index (χ2n) is 8.10. The topological polar surface area (TPSA) is 52.6 Å². The summed E-state index contributed by atoms with van der Waals surface area (Å²) in [6.45, 7) is 15.8. The Morgan fingerprint density at radius 2 is 1.52 bits per heavy atom. The number of ether oxygens (including phenoxy) is 2. The van der Waals surface area contributed by atoms with Gasteiger partial charge in [0.15, 0.2) is 0 Å². The third kappa shape index (κ3) is 4.81. The first kappa shape index (κ1) is 19.2. The number of rotatable bonds is 4. The summed E-state index contributed by atoms with van der Waals surface area (Å²) in [5, 5.41) is 0. The maximum atomic E-state index is 12.1. The van der Waals surface area contributed by atoms with Crippen LogP contribution in [0.5, 0.6) is 5.75 Å². The monoisotopic (exact) mass is 320 g/mol. The second-order valence-corrected chi connectivity index (χ2v) is 8.10. The Balaban J connectivity index is 3.24. The largest absolute Gasteiger partial charge is 0.459 e. The zero-order valence-corrected chi connectivity index (χ0v) is 15.4.